The maximum absolute atomic E-state index is 4.85. The highest BCUT2D eigenvalue weighted by Gasteiger charge is 2.22. The van der Waals surface area contributed by atoms with Crippen LogP contribution in [0.3, 0.4) is 0 Å². The van der Waals surface area contributed by atoms with Crippen molar-refractivity contribution in [1.82, 2.24) is 0 Å². The van der Waals surface area contributed by atoms with E-state index < -0.39 is 0 Å². The number of hydrogen-bond donors (Lipinski definition) is 1. The Hall–Kier alpha value is -0.160. The third-order valence-corrected chi connectivity index (χ3v) is 2.79. The van der Waals surface area contributed by atoms with Crippen molar-refractivity contribution in [2.45, 2.75) is 60.3 Å². The smallest absolute Gasteiger partial charge is 0.0783 e. The van der Waals surface area contributed by atoms with Crippen LogP contribution >= 0.6 is 0 Å². The lowest BCUT2D eigenvalue weighted by molar-refractivity contribution is -0.928. The second-order valence-electron chi connectivity index (χ2n) is 4.64. The normalized spacial score (nSPS) is 9.67. The summed E-state index contributed by atoms with van der Waals surface area (Å²) in [5.74, 6) is 0. The molecule has 0 aromatic carbocycles. The lowest BCUT2D eigenvalue weighted by Crippen LogP contribution is -2.50. The van der Waals surface area contributed by atoms with Gasteiger partial charge in [-0.3, -0.25) is 0 Å². The van der Waals surface area contributed by atoms with Crippen LogP contribution in [-0.2, 0) is 0 Å². The number of quaternary nitrogens is 1. The first-order valence-electron chi connectivity index (χ1n) is 7.21. The van der Waals surface area contributed by atoms with E-state index in [9.17, 15) is 0 Å². The lowest BCUT2D eigenvalue weighted by Gasteiger charge is -2.38. The van der Waals surface area contributed by atoms with E-state index in [1.165, 1.54) is 56.3 Å². The monoisotopic (exact) mass is 266 g/mol. The minimum Gasteiger partial charge on any atom is -0.870 e. The second-order valence-corrected chi connectivity index (χ2v) is 4.64. The van der Waals surface area contributed by atoms with E-state index in [2.05, 4.69) is 27.7 Å². The minimum atomic E-state index is 0. The van der Waals surface area contributed by atoms with Crippen molar-refractivity contribution in [3.8, 4) is 0 Å². The Labute approximate surface area is 115 Å². The summed E-state index contributed by atoms with van der Waals surface area (Å²) in [6.07, 6.45) is 5.33. The van der Waals surface area contributed by atoms with Crippen LogP contribution in [0.4, 0.5) is 0 Å². The standard InChI is InChI=1S/C12H28N.C2H7N.2H2O/c1-5-9-13(10-6-2,11-7-3)12-8-4;1-2-3;;/h5-12H2,1-4H3;2-3H2,1H3;2*1H2/q+1;;;/p-1. The van der Waals surface area contributed by atoms with Crippen LogP contribution in [0.1, 0.15) is 60.3 Å². The first-order chi connectivity index (χ1) is 7.66. The second kappa shape index (κ2) is 19.2. The highest BCUT2D eigenvalue weighted by molar-refractivity contribution is 4.43. The van der Waals surface area contributed by atoms with Gasteiger partial charge in [-0.1, -0.05) is 34.6 Å². The summed E-state index contributed by atoms with van der Waals surface area (Å²) in [6, 6.07) is 0. The van der Waals surface area contributed by atoms with Crippen molar-refractivity contribution in [2.75, 3.05) is 32.7 Å². The molecule has 0 radical (unpaired) electrons. The Balaban J connectivity index is -0.000000177. The van der Waals surface area contributed by atoms with Gasteiger partial charge in [0.15, 0.2) is 0 Å². The average molecular weight is 266 g/mol. The average Bonchev–Trinajstić information content (AvgIpc) is 2.20. The van der Waals surface area contributed by atoms with Crippen LogP contribution in [0.25, 0.3) is 0 Å². The van der Waals surface area contributed by atoms with E-state index in [-0.39, 0.29) is 11.0 Å². The molecule has 4 nitrogen and oxygen atoms in total. The largest absolute Gasteiger partial charge is 0.870 e. The first kappa shape index (κ1) is 26.4. The summed E-state index contributed by atoms with van der Waals surface area (Å²) in [4.78, 5) is 0. The molecule has 0 saturated heterocycles. The Morgan fingerprint density at radius 1 is 0.667 bits per heavy atom. The third-order valence-electron chi connectivity index (χ3n) is 2.79. The molecule has 0 heterocycles. The fourth-order valence-electron chi connectivity index (χ4n) is 2.57. The van der Waals surface area contributed by atoms with Gasteiger partial charge in [0, 0.05) is 0 Å². The Morgan fingerprint density at radius 3 is 0.944 bits per heavy atom. The topological polar surface area (TPSA) is 87.5 Å². The zero-order chi connectivity index (χ0) is 12.9. The van der Waals surface area contributed by atoms with Crippen molar-refractivity contribution in [1.29, 1.82) is 0 Å². The van der Waals surface area contributed by atoms with Gasteiger partial charge in [-0.25, -0.2) is 0 Å². The molecule has 0 spiro atoms. The van der Waals surface area contributed by atoms with Crippen LogP contribution in [0.2, 0.25) is 0 Å². The van der Waals surface area contributed by atoms with Gasteiger partial charge >= 0.3 is 0 Å². The van der Waals surface area contributed by atoms with Crippen LogP contribution in [0.15, 0.2) is 0 Å². The van der Waals surface area contributed by atoms with E-state index in [0.717, 1.165) is 6.54 Å². The quantitative estimate of drug-likeness (QED) is 0.684. The molecule has 0 aromatic rings. The molecule has 0 aliphatic carbocycles. The Bertz CT molecular complexity index is 103. The molecule has 0 saturated carbocycles. The van der Waals surface area contributed by atoms with E-state index >= 15 is 0 Å². The number of hydrogen-bond acceptors (Lipinski definition) is 2. The highest BCUT2D eigenvalue weighted by atomic mass is 16.0. The zero-order valence-corrected chi connectivity index (χ0v) is 13.3. The van der Waals surface area contributed by atoms with E-state index in [0.29, 0.717) is 0 Å². The molecular formula is C14H38N2O2. The van der Waals surface area contributed by atoms with Gasteiger partial charge in [0.25, 0.3) is 0 Å². The van der Waals surface area contributed by atoms with Crippen LogP contribution in [0, 0.1) is 0 Å². The van der Waals surface area contributed by atoms with Crippen molar-refractivity contribution in [2.24, 2.45) is 5.73 Å². The van der Waals surface area contributed by atoms with Gasteiger partial charge in [-0.2, -0.15) is 0 Å². The van der Waals surface area contributed by atoms with Gasteiger partial charge in [0.2, 0.25) is 0 Å². The Morgan fingerprint density at radius 2 is 0.833 bits per heavy atom. The molecule has 0 rings (SSSR count). The molecule has 0 atom stereocenters. The molecule has 0 amide bonds. The predicted octanol–water partition coefficient (Wildman–Crippen LogP) is 2.41. The SMILES string of the molecule is CCC[N+](CCC)(CCC)CCC.CCN.O.[OH-]. The number of nitrogens with two attached hydrogens (primary N) is 1. The molecule has 0 bridgehead atoms. The molecule has 0 aliphatic rings. The van der Waals surface area contributed by atoms with Gasteiger partial charge in [-0.05, 0) is 32.2 Å². The maximum atomic E-state index is 4.85. The van der Waals surface area contributed by atoms with Gasteiger partial charge in [0.05, 0.1) is 26.2 Å². The van der Waals surface area contributed by atoms with E-state index in [1.807, 2.05) is 6.92 Å². The third kappa shape index (κ3) is 13.9. The van der Waals surface area contributed by atoms with Crippen molar-refractivity contribution >= 4 is 0 Å². The summed E-state index contributed by atoms with van der Waals surface area (Å²) in [6.45, 7) is 17.4. The molecule has 0 fully saturated rings. The summed E-state index contributed by atoms with van der Waals surface area (Å²) in [5.41, 5.74) is 4.85. The van der Waals surface area contributed by atoms with Crippen LogP contribution in [-0.4, -0.2) is 48.2 Å². The van der Waals surface area contributed by atoms with Crippen LogP contribution in [0.5, 0.6) is 0 Å². The molecular weight excluding hydrogens is 228 g/mol. The van der Waals surface area contributed by atoms with Gasteiger partial charge < -0.3 is 21.2 Å². The number of nitrogens with zero attached hydrogens (tertiary/aromatic N) is 1. The molecule has 4 heteroatoms. The molecule has 5 N–H and O–H groups in total. The summed E-state index contributed by atoms with van der Waals surface area (Å²) in [5, 5.41) is 0. The molecule has 0 aliphatic heterocycles. The number of rotatable bonds is 8. The molecule has 0 unspecified atom stereocenters. The summed E-state index contributed by atoms with van der Waals surface area (Å²) >= 11 is 0. The summed E-state index contributed by atoms with van der Waals surface area (Å²) in [7, 11) is 0. The zero-order valence-electron chi connectivity index (χ0n) is 13.3. The molecule has 0 aromatic heterocycles. The molecule has 18 heavy (non-hydrogen) atoms. The fraction of sp³-hybridized carbons (Fsp3) is 1.00. The maximum Gasteiger partial charge on any atom is 0.0783 e. The molecule has 116 valence electrons. The summed E-state index contributed by atoms with van der Waals surface area (Å²) < 4.78 is 1.38. The van der Waals surface area contributed by atoms with E-state index in [4.69, 9.17) is 5.73 Å². The van der Waals surface area contributed by atoms with Crippen molar-refractivity contribution in [3.05, 3.63) is 0 Å². The van der Waals surface area contributed by atoms with Crippen molar-refractivity contribution < 1.29 is 15.4 Å². The first-order valence-corrected chi connectivity index (χ1v) is 7.21. The highest BCUT2D eigenvalue weighted by Crippen LogP contribution is 2.12. The predicted molar refractivity (Wildman–Crippen MR) is 81.2 cm³/mol. The fourth-order valence-corrected chi connectivity index (χ4v) is 2.57. The van der Waals surface area contributed by atoms with Gasteiger partial charge in [-0.15, -0.1) is 0 Å². The lowest BCUT2D eigenvalue weighted by atomic mass is 10.2. The van der Waals surface area contributed by atoms with E-state index in [1.54, 1.807) is 0 Å². The Kier molecular flexibility index (Phi) is 28.2. The van der Waals surface area contributed by atoms with Gasteiger partial charge in [0.1, 0.15) is 0 Å². The van der Waals surface area contributed by atoms with Crippen LogP contribution < -0.4 is 5.73 Å². The minimum absolute atomic E-state index is 0. The van der Waals surface area contributed by atoms with Crippen molar-refractivity contribution in [3.63, 3.8) is 0 Å².